The van der Waals surface area contributed by atoms with Gasteiger partial charge >= 0.3 is 0 Å². The highest BCUT2D eigenvalue weighted by Crippen LogP contribution is 2.19. The lowest BCUT2D eigenvalue weighted by Crippen LogP contribution is -2.34. The maximum atomic E-state index is 12.4. The van der Waals surface area contributed by atoms with E-state index in [0.29, 0.717) is 12.1 Å². The van der Waals surface area contributed by atoms with Crippen LogP contribution in [-0.2, 0) is 9.84 Å². The molecule has 1 aromatic rings. The molecule has 7 heteroatoms. The van der Waals surface area contributed by atoms with E-state index in [0.717, 1.165) is 4.47 Å². The van der Waals surface area contributed by atoms with E-state index < -0.39 is 15.4 Å². The van der Waals surface area contributed by atoms with Crippen LogP contribution in [0.3, 0.4) is 0 Å². The van der Waals surface area contributed by atoms with Crippen LogP contribution in [0.4, 0.5) is 0 Å². The zero-order chi connectivity index (χ0) is 16.3. The van der Waals surface area contributed by atoms with Crippen molar-refractivity contribution in [2.24, 2.45) is 16.5 Å². The molecule has 5 nitrogen and oxygen atoms in total. The molecule has 0 unspecified atom stereocenters. The topological polar surface area (TPSA) is 98.5 Å². The average molecular weight is 374 g/mol. The van der Waals surface area contributed by atoms with E-state index in [-0.39, 0.29) is 9.92 Å². The van der Waals surface area contributed by atoms with Crippen LogP contribution in [0.25, 0.3) is 0 Å². The fourth-order valence-corrected chi connectivity index (χ4v) is 2.98. The molecule has 0 aromatic heterocycles. The summed E-state index contributed by atoms with van der Waals surface area (Å²) in [5.41, 5.74) is 11.7. The third-order valence-corrected chi connectivity index (χ3v) is 4.83. The third kappa shape index (κ3) is 5.26. The molecule has 21 heavy (non-hydrogen) atoms. The lowest BCUT2D eigenvalue weighted by molar-refractivity contribution is 0.542. The Kier molecular flexibility index (Phi) is 5.72. The molecule has 0 bridgehead atoms. The molecule has 0 aliphatic rings. The minimum absolute atomic E-state index is 0.141. The second-order valence-corrected chi connectivity index (χ2v) is 8.25. The van der Waals surface area contributed by atoms with E-state index in [1.165, 1.54) is 18.2 Å². The maximum Gasteiger partial charge on any atom is 0.221 e. The van der Waals surface area contributed by atoms with E-state index in [2.05, 4.69) is 20.9 Å². The molecule has 0 saturated carbocycles. The van der Waals surface area contributed by atoms with Gasteiger partial charge in [0.05, 0.1) is 4.90 Å². The minimum Gasteiger partial charge on any atom is -0.389 e. The minimum atomic E-state index is -3.72. The summed E-state index contributed by atoms with van der Waals surface area (Å²) < 4.78 is 25.5. The van der Waals surface area contributed by atoms with Crippen molar-refractivity contribution in [2.45, 2.75) is 30.7 Å². The molecule has 1 rings (SSSR count). The highest BCUT2D eigenvalue weighted by molar-refractivity contribution is 9.10. The van der Waals surface area contributed by atoms with Gasteiger partial charge in [-0.05, 0) is 44.2 Å². The number of rotatable bonds is 5. The molecule has 0 heterocycles. The van der Waals surface area contributed by atoms with Gasteiger partial charge in [0.2, 0.25) is 9.84 Å². The van der Waals surface area contributed by atoms with Gasteiger partial charge in [0.15, 0.2) is 0 Å². The number of halogens is 1. The van der Waals surface area contributed by atoms with Crippen LogP contribution in [-0.4, -0.2) is 26.7 Å². The zero-order valence-electron chi connectivity index (χ0n) is 12.3. The molecule has 4 N–H and O–H groups in total. The monoisotopic (exact) mass is 373 g/mol. The summed E-state index contributed by atoms with van der Waals surface area (Å²) in [5, 5.41) is -0.241. The lowest BCUT2D eigenvalue weighted by atomic mass is 9.99. The van der Waals surface area contributed by atoms with Gasteiger partial charge in [0.25, 0.3) is 0 Å². The smallest absolute Gasteiger partial charge is 0.221 e. The number of allylic oxidation sites excluding steroid dienone is 1. The largest absolute Gasteiger partial charge is 0.389 e. The van der Waals surface area contributed by atoms with Crippen molar-refractivity contribution in [1.29, 1.82) is 0 Å². The highest BCUT2D eigenvalue weighted by Gasteiger charge is 2.20. The number of hydrogen-bond donors (Lipinski definition) is 2. The highest BCUT2D eigenvalue weighted by atomic mass is 79.9. The Morgan fingerprint density at radius 1 is 1.33 bits per heavy atom. The van der Waals surface area contributed by atoms with Crippen LogP contribution in [0.2, 0.25) is 0 Å². The standard InChI is InChI=1S/C14H20BrN3O2S/c1-14(2,17)9-11(18-3)8-13(16)21(19,20)12-6-4-10(15)5-7-12/h4-8H,9,16-17H2,1-3H3. The third-order valence-electron chi connectivity index (χ3n) is 2.67. The van der Waals surface area contributed by atoms with Crippen molar-refractivity contribution in [2.75, 3.05) is 7.05 Å². The van der Waals surface area contributed by atoms with E-state index >= 15 is 0 Å². The van der Waals surface area contributed by atoms with E-state index in [1.54, 1.807) is 19.2 Å². The second-order valence-electron chi connectivity index (χ2n) is 5.38. The van der Waals surface area contributed by atoms with Crippen molar-refractivity contribution < 1.29 is 8.42 Å². The van der Waals surface area contributed by atoms with Crippen molar-refractivity contribution in [1.82, 2.24) is 0 Å². The predicted octanol–water partition coefficient (Wildman–Crippen LogP) is 2.22. The summed E-state index contributed by atoms with van der Waals surface area (Å²) in [6.45, 7) is 3.68. The van der Waals surface area contributed by atoms with Crippen LogP contribution >= 0.6 is 15.9 Å². The molecule has 1 aromatic carbocycles. The van der Waals surface area contributed by atoms with Gasteiger partial charge in [-0.2, -0.15) is 0 Å². The zero-order valence-corrected chi connectivity index (χ0v) is 14.7. The first-order chi connectivity index (χ1) is 9.56. The molecule has 0 saturated heterocycles. The van der Waals surface area contributed by atoms with Gasteiger partial charge in [0, 0.05) is 29.2 Å². The lowest BCUT2D eigenvalue weighted by Gasteiger charge is -2.18. The Balaban J connectivity index is 3.13. The summed E-state index contributed by atoms with van der Waals surface area (Å²) in [6.07, 6.45) is 1.80. The normalized spacial score (nSPS) is 14.3. The van der Waals surface area contributed by atoms with Crippen molar-refractivity contribution in [3.63, 3.8) is 0 Å². The van der Waals surface area contributed by atoms with Gasteiger partial charge in [-0.15, -0.1) is 0 Å². The van der Waals surface area contributed by atoms with Crippen molar-refractivity contribution in [3.8, 4) is 0 Å². The number of aliphatic imine (C=N–C) groups is 1. The number of sulfone groups is 1. The molecule has 0 amide bonds. The van der Waals surface area contributed by atoms with Crippen LogP contribution in [0.1, 0.15) is 20.3 Å². The first-order valence-corrected chi connectivity index (χ1v) is 8.56. The van der Waals surface area contributed by atoms with Gasteiger partial charge < -0.3 is 11.5 Å². The SMILES string of the molecule is CN=C(C=C(N)S(=O)(=O)c1ccc(Br)cc1)CC(C)(C)N. The average Bonchev–Trinajstić information content (AvgIpc) is 2.36. The van der Waals surface area contributed by atoms with Crippen LogP contribution in [0.15, 0.2) is 49.7 Å². The molecule has 0 aliphatic heterocycles. The summed E-state index contributed by atoms with van der Waals surface area (Å²) in [5.74, 6) is 0. The number of hydrogen-bond acceptors (Lipinski definition) is 5. The molecule has 0 radical (unpaired) electrons. The number of nitrogens with zero attached hydrogens (tertiary/aromatic N) is 1. The molecule has 116 valence electrons. The number of nitrogens with two attached hydrogens (primary N) is 2. The Bertz CT molecular complexity index is 656. The van der Waals surface area contributed by atoms with Crippen LogP contribution in [0, 0.1) is 0 Å². The van der Waals surface area contributed by atoms with Crippen LogP contribution < -0.4 is 11.5 Å². The van der Waals surface area contributed by atoms with Crippen molar-refractivity contribution in [3.05, 3.63) is 39.8 Å². The Morgan fingerprint density at radius 2 is 1.86 bits per heavy atom. The van der Waals surface area contributed by atoms with Crippen molar-refractivity contribution >= 4 is 31.5 Å². The fourth-order valence-electron chi connectivity index (χ4n) is 1.65. The Labute approximate surface area is 134 Å². The second kappa shape index (κ2) is 6.72. The first-order valence-electron chi connectivity index (χ1n) is 6.28. The quantitative estimate of drug-likeness (QED) is 0.772. The van der Waals surface area contributed by atoms with Gasteiger partial charge in [-0.1, -0.05) is 15.9 Å². The number of benzene rings is 1. The van der Waals surface area contributed by atoms with Gasteiger partial charge in [-0.3, -0.25) is 4.99 Å². The molecular formula is C14H20BrN3O2S. The van der Waals surface area contributed by atoms with E-state index in [1.807, 2.05) is 13.8 Å². The molecule has 0 aliphatic carbocycles. The summed E-state index contributed by atoms with van der Waals surface area (Å²) in [7, 11) is -2.14. The first kappa shape index (κ1) is 17.9. The molecule has 0 atom stereocenters. The summed E-state index contributed by atoms with van der Waals surface area (Å²) in [6, 6.07) is 6.29. The summed E-state index contributed by atoms with van der Waals surface area (Å²) >= 11 is 3.26. The molecule has 0 spiro atoms. The summed E-state index contributed by atoms with van der Waals surface area (Å²) in [4.78, 5) is 4.18. The van der Waals surface area contributed by atoms with Gasteiger partial charge in [0.1, 0.15) is 5.03 Å². The molecule has 0 fully saturated rings. The predicted molar refractivity (Wildman–Crippen MR) is 89.8 cm³/mol. The van der Waals surface area contributed by atoms with E-state index in [9.17, 15) is 8.42 Å². The Hall–Kier alpha value is -1.18. The van der Waals surface area contributed by atoms with Crippen LogP contribution in [0.5, 0.6) is 0 Å². The molecular weight excluding hydrogens is 354 g/mol. The Morgan fingerprint density at radius 3 is 2.29 bits per heavy atom. The van der Waals surface area contributed by atoms with Gasteiger partial charge in [-0.25, -0.2) is 8.42 Å². The van der Waals surface area contributed by atoms with E-state index in [4.69, 9.17) is 11.5 Å². The fraction of sp³-hybridized carbons (Fsp3) is 0.357. The maximum absolute atomic E-state index is 12.4.